The molecule has 1 aromatic rings. The highest BCUT2D eigenvalue weighted by Crippen LogP contribution is 2.11. The summed E-state index contributed by atoms with van der Waals surface area (Å²) in [4.78, 5) is 38.2. The number of carbonyl (C=O) groups excluding carboxylic acids is 3. The standard InChI is InChI=1S/C12H19N3O2Si.C7H6N2O.C2HF3O.C2H6/c1-10(16)11-8-15(12(7-13)14-11)9-17-5-6-18(2,3)4;1-5(10)7-3-2-6(4-8)9-7;3-2(4,5)1-6;1-2/h8H,5-6,9H2,1-4H3;3H,2H2,1H3;1H;1-2H3/i;;;1D. The average molecular weight is 529 g/mol. The number of aromatic nitrogens is 2. The smallest absolute Gasteiger partial charge is 0.361 e. The lowest BCUT2D eigenvalue weighted by molar-refractivity contribution is -0.156. The first kappa shape index (κ1) is 32.6. The maximum absolute atomic E-state index is 11.2. The number of alkyl halides is 3. The molecule has 0 aromatic carbocycles. The van der Waals surface area contributed by atoms with Crippen LogP contribution in [0.2, 0.25) is 25.7 Å². The van der Waals surface area contributed by atoms with E-state index in [-0.39, 0.29) is 24.1 Å². The number of ketones is 2. The minimum absolute atomic E-state index is 0.0785. The van der Waals surface area contributed by atoms with Gasteiger partial charge >= 0.3 is 6.18 Å². The van der Waals surface area contributed by atoms with Crippen LogP contribution in [-0.2, 0) is 21.1 Å². The molecule has 9 nitrogen and oxygen atoms in total. The summed E-state index contributed by atoms with van der Waals surface area (Å²) in [5.74, 6) is -0.00852. The van der Waals surface area contributed by atoms with Gasteiger partial charge in [0.15, 0.2) is 11.6 Å². The second-order valence-corrected chi connectivity index (χ2v) is 13.7. The first-order chi connectivity index (χ1) is 17.0. The van der Waals surface area contributed by atoms with Crippen LogP contribution in [0.4, 0.5) is 13.2 Å². The van der Waals surface area contributed by atoms with E-state index in [0.29, 0.717) is 37.0 Å². The van der Waals surface area contributed by atoms with Gasteiger partial charge in [-0.05, 0) is 12.1 Å². The van der Waals surface area contributed by atoms with Gasteiger partial charge in [0.25, 0.3) is 0 Å². The van der Waals surface area contributed by atoms with E-state index in [0.717, 1.165) is 6.04 Å². The summed E-state index contributed by atoms with van der Waals surface area (Å²) < 4.78 is 44.6. The van der Waals surface area contributed by atoms with Crippen molar-refractivity contribution in [3.63, 3.8) is 0 Å². The number of allylic oxidation sites excluding steroid dienone is 2. The van der Waals surface area contributed by atoms with E-state index in [1.807, 2.05) is 12.1 Å². The number of hydrogen-bond acceptors (Lipinski definition) is 8. The molecule has 1 aliphatic heterocycles. The van der Waals surface area contributed by atoms with Gasteiger partial charge in [0, 0.05) is 42.5 Å². The first-order valence-corrected chi connectivity index (χ1v) is 14.3. The highest BCUT2D eigenvalue weighted by atomic mass is 28.3. The molecule has 0 fully saturated rings. The first-order valence-electron chi connectivity index (χ1n) is 11.3. The number of halogens is 3. The Morgan fingerprint density at radius 1 is 1.25 bits per heavy atom. The molecule has 36 heavy (non-hydrogen) atoms. The third-order valence-electron chi connectivity index (χ3n) is 3.83. The molecule has 1 aromatic heterocycles. The Labute approximate surface area is 211 Å². The Hall–Kier alpha value is -3.42. The number of rotatable bonds is 7. The molecule has 0 saturated heterocycles. The van der Waals surface area contributed by atoms with E-state index in [2.05, 4.69) is 29.6 Å². The SMILES string of the molecule is CC(=O)C1=CCC(C#N)=N1.CC(=O)c1cn(COCC[Si](C)(C)C)c(C#N)n1.O=CC(F)(F)F.[2H]CC. The van der Waals surface area contributed by atoms with Crippen molar-refractivity contribution in [1.29, 1.82) is 10.5 Å². The lowest BCUT2D eigenvalue weighted by Crippen LogP contribution is -2.22. The van der Waals surface area contributed by atoms with Crippen LogP contribution in [0.1, 0.15) is 51.8 Å². The maximum Gasteiger partial charge on any atom is 0.446 e. The Morgan fingerprint density at radius 2 is 1.81 bits per heavy atom. The number of nitrogens with zero attached hydrogens (tertiary/aromatic N) is 5. The van der Waals surface area contributed by atoms with Gasteiger partial charge in [0.1, 0.15) is 36.0 Å². The summed E-state index contributed by atoms with van der Waals surface area (Å²) >= 11 is 0. The van der Waals surface area contributed by atoms with Gasteiger partial charge in [0.2, 0.25) is 12.1 Å². The normalized spacial score (nSPS) is 12.4. The largest absolute Gasteiger partial charge is 0.446 e. The summed E-state index contributed by atoms with van der Waals surface area (Å²) in [5, 5.41) is 17.2. The van der Waals surface area contributed by atoms with Crippen molar-refractivity contribution in [2.24, 2.45) is 4.99 Å². The molecular formula is C23H32F3N5O4Si. The maximum atomic E-state index is 11.2. The quantitative estimate of drug-likeness (QED) is 0.213. The van der Waals surface area contributed by atoms with Crippen molar-refractivity contribution in [3.05, 3.63) is 29.5 Å². The van der Waals surface area contributed by atoms with Crippen LogP contribution >= 0.6 is 0 Å². The van der Waals surface area contributed by atoms with Gasteiger partial charge in [-0.1, -0.05) is 33.5 Å². The van der Waals surface area contributed by atoms with Crippen LogP contribution in [0.25, 0.3) is 0 Å². The van der Waals surface area contributed by atoms with E-state index in [1.54, 1.807) is 23.8 Å². The Balaban J connectivity index is 0. The molecule has 2 rings (SSSR count). The van der Waals surface area contributed by atoms with Crippen LogP contribution in [0.15, 0.2) is 23.0 Å². The lowest BCUT2D eigenvalue weighted by Gasteiger charge is -2.15. The second kappa shape index (κ2) is 17.1. The van der Waals surface area contributed by atoms with Crippen LogP contribution in [0, 0.1) is 22.7 Å². The minimum Gasteiger partial charge on any atom is -0.361 e. The fraction of sp³-hybridized carbons (Fsp3) is 0.522. The molecule has 0 atom stereocenters. The third-order valence-corrected chi connectivity index (χ3v) is 5.54. The van der Waals surface area contributed by atoms with Crippen molar-refractivity contribution >= 4 is 31.6 Å². The van der Waals surface area contributed by atoms with Crippen molar-refractivity contribution in [2.75, 3.05) is 6.61 Å². The lowest BCUT2D eigenvalue weighted by atomic mass is 10.3. The fourth-order valence-corrected chi connectivity index (χ4v) is 2.79. The van der Waals surface area contributed by atoms with Crippen LogP contribution in [-0.4, -0.2) is 54.0 Å². The van der Waals surface area contributed by atoms with Crippen LogP contribution < -0.4 is 0 Å². The van der Waals surface area contributed by atoms with Crippen LogP contribution in [0.5, 0.6) is 0 Å². The van der Waals surface area contributed by atoms with E-state index in [9.17, 15) is 22.8 Å². The van der Waals surface area contributed by atoms with Gasteiger partial charge in [-0.25, -0.2) is 9.98 Å². The molecule has 0 saturated carbocycles. The molecule has 0 radical (unpaired) electrons. The van der Waals surface area contributed by atoms with Gasteiger partial charge < -0.3 is 4.74 Å². The Morgan fingerprint density at radius 3 is 2.14 bits per heavy atom. The summed E-state index contributed by atoms with van der Waals surface area (Å²) in [7, 11) is -1.10. The summed E-state index contributed by atoms with van der Waals surface area (Å²) in [5.41, 5.74) is 1.14. The number of Topliss-reactive ketones (excluding diaryl/α,β-unsaturated/α-hetero) is 2. The van der Waals surface area contributed by atoms with E-state index < -0.39 is 20.5 Å². The van der Waals surface area contributed by atoms with Crippen molar-refractivity contribution in [3.8, 4) is 12.1 Å². The summed E-state index contributed by atoms with van der Waals surface area (Å²) in [6, 6.07) is 4.92. The van der Waals surface area contributed by atoms with E-state index >= 15 is 0 Å². The summed E-state index contributed by atoms with van der Waals surface area (Å²) in [6.07, 6.45) is -1.96. The number of imidazole rings is 1. The second-order valence-electron chi connectivity index (χ2n) is 8.11. The molecule has 1 aliphatic rings. The molecule has 0 amide bonds. The molecule has 0 N–H and O–H groups in total. The van der Waals surface area contributed by atoms with E-state index in [1.165, 1.54) is 13.8 Å². The van der Waals surface area contributed by atoms with Crippen molar-refractivity contribution < 1.29 is 33.7 Å². The third kappa shape index (κ3) is 16.2. The number of nitriles is 2. The predicted octanol–water partition coefficient (Wildman–Crippen LogP) is 4.87. The molecule has 0 unspecified atom stereocenters. The number of carbonyl (C=O) groups is 3. The van der Waals surface area contributed by atoms with E-state index in [4.69, 9.17) is 21.4 Å². The highest BCUT2D eigenvalue weighted by molar-refractivity contribution is 6.76. The molecular weight excluding hydrogens is 495 g/mol. The highest BCUT2D eigenvalue weighted by Gasteiger charge is 2.24. The number of ether oxygens (including phenoxy) is 1. The monoisotopic (exact) mass is 528 g/mol. The van der Waals surface area contributed by atoms with Gasteiger partial charge in [-0.15, -0.1) is 0 Å². The molecule has 0 aliphatic carbocycles. The predicted molar refractivity (Wildman–Crippen MR) is 131 cm³/mol. The van der Waals surface area contributed by atoms with Gasteiger partial charge in [-0.2, -0.15) is 23.7 Å². The average Bonchev–Trinajstić information content (AvgIpc) is 3.44. The Bertz CT molecular complexity index is 1050. The molecule has 0 bridgehead atoms. The number of hydrogen-bond donors (Lipinski definition) is 0. The number of aliphatic imine (C=N–C) groups is 1. The van der Waals surface area contributed by atoms with Crippen LogP contribution in [0.3, 0.4) is 0 Å². The van der Waals surface area contributed by atoms with Crippen molar-refractivity contribution in [1.82, 2.24) is 9.55 Å². The van der Waals surface area contributed by atoms with Crippen molar-refractivity contribution in [2.45, 2.75) is 72.7 Å². The Kier molecular flexibility index (Phi) is 15.5. The summed E-state index contributed by atoms with van der Waals surface area (Å²) in [6.45, 7) is 12.9. The van der Waals surface area contributed by atoms with Gasteiger partial charge in [0.05, 0.1) is 0 Å². The molecule has 198 valence electrons. The number of aldehydes is 1. The molecule has 13 heteroatoms. The molecule has 2 heterocycles. The fourth-order valence-electron chi connectivity index (χ4n) is 2.04. The zero-order chi connectivity index (χ0) is 29.2. The van der Waals surface area contributed by atoms with Gasteiger partial charge in [-0.3, -0.25) is 19.0 Å². The zero-order valence-corrected chi connectivity index (χ0v) is 22.3. The topological polar surface area (TPSA) is 138 Å². The zero-order valence-electron chi connectivity index (χ0n) is 22.3. The molecule has 0 spiro atoms. The minimum atomic E-state index is -4.64.